The number of piperidine rings is 2. The Bertz CT molecular complexity index is 754. The fraction of sp³-hybridized carbons (Fsp3) is 0.692. The van der Waals surface area contributed by atoms with Gasteiger partial charge in [0.05, 0.1) is 0 Å². The summed E-state index contributed by atoms with van der Waals surface area (Å²) in [4.78, 5) is 29.1. The Hall–Kier alpha value is -2.08. The first-order chi connectivity index (χ1) is 15.1. The van der Waals surface area contributed by atoms with E-state index < -0.39 is 5.60 Å². The number of ether oxygens (including phenoxy) is 1. The summed E-state index contributed by atoms with van der Waals surface area (Å²) in [5.74, 6) is 1.57. The molecule has 0 aliphatic carbocycles. The van der Waals surface area contributed by atoms with E-state index in [0.717, 1.165) is 23.9 Å². The van der Waals surface area contributed by atoms with Crippen molar-refractivity contribution in [2.24, 2.45) is 17.8 Å². The van der Waals surface area contributed by atoms with Crippen LogP contribution in [0.4, 0.5) is 4.79 Å². The van der Waals surface area contributed by atoms with Crippen LogP contribution >= 0.6 is 0 Å². The monoisotopic (exact) mass is 443 g/mol. The van der Waals surface area contributed by atoms with Gasteiger partial charge in [0, 0.05) is 45.2 Å². The lowest BCUT2D eigenvalue weighted by molar-refractivity contribution is -0.126. The van der Waals surface area contributed by atoms with E-state index in [-0.39, 0.29) is 17.9 Å². The molecule has 1 aromatic rings. The highest BCUT2D eigenvalue weighted by atomic mass is 16.6. The van der Waals surface area contributed by atoms with E-state index in [0.29, 0.717) is 32.5 Å². The van der Waals surface area contributed by atoms with Crippen molar-refractivity contribution < 1.29 is 14.3 Å². The summed E-state index contributed by atoms with van der Waals surface area (Å²) in [6.07, 6.45) is 2.40. The van der Waals surface area contributed by atoms with Gasteiger partial charge in [-0.05, 0) is 63.0 Å². The second-order valence-electron chi connectivity index (χ2n) is 10.9. The average Bonchev–Trinajstić information content (AvgIpc) is 2.71. The summed E-state index contributed by atoms with van der Waals surface area (Å²) >= 11 is 0. The highest BCUT2D eigenvalue weighted by Gasteiger charge is 2.29. The minimum atomic E-state index is -0.495. The van der Waals surface area contributed by atoms with Gasteiger partial charge in [-0.1, -0.05) is 38.1 Å². The maximum atomic E-state index is 12.6. The molecular weight excluding hydrogens is 402 g/mol. The molecule has 2 fully saturated rings. The van der Waals surface area contributed by atoms with Crippen LogP contribution in [0.2, 0.25) is 0 Å². The lowest BCUT2D eigenvalue weighted by Crippen LogP contribution is -2.44. The van der Waals surface area contributed by atoms with Crippen LogP contribution in [0.5, 0.6) is 0 Å². The van der Waals surface area contributed by atoms with E-state index in [9.17, 15) is 9.59 Å². The Morgan fingerprint density at radius 2 is 1.56 bits per heavy atom. The maximum Gasteiger partial charge on any atom is 0.410 e. The van der Waals surface area contributed by atoms with Gasteiger partial charge in [-0.15, -0.1) is 0 Å². The van der Waals surface area contributed by atoms with E-state index in [4.69, 9.17) is 4.74 Å². The molecule has 2 aliphatic heterocycles. The molecule has 178 valence electrons. The number of amides is 2. The molecule has 0 saturated carbocycles. The van der Waals surface area contributed by atoms with Crippen molar-refractivity contribution in [1.29, 1.82) is 0 Å². The van der Waals surface area contributed by atoms with Crippen molar-refractivity contribution >= 4 is 12.0 Å². The number of hydrogen-bond donors (Lipinski definition) is 1. The molecule has 2 unspecified atom stereocenters. The summed E-state index contributed by atoms with van der Waals surface area (Å²) in [5.41, 5.74) is 1.95. The van der Waals surface area contributed by atoms with Crippen LogP contribution in [-0.4, -0.2) is 53.6 Å². The molecule has 6 heteroatoms. The number of rotatable bonds is 5. The number of carbonyl (C=O) groups is 2. The Kier molecular flexibility index (Phi) is 8.21. The van der Waals surface area contributed by atoms with Crippen molar-refractivity contribution in [3.05, 3.63) is 35.4 Å². The second-order valence-corrected chi connectivity index (χ2v) is 10.9. The van der Waals surface area contributed by atoms with E-state index in [2.05, 4.69) is 48.3 Å². The van der Waals surface area contributed by atoms with Gasteiger partial charge in [-0.25, -0.2) is 4.79 Å². The fourth-order valence-electron chi connectivity index (χ4n) is 4.93. The molecule has 0 aromatic heterocycles. The quantitative estimate of drug-likeness (QED) is 0.731. The van der Waals surface area contributed by atoms with Crippen LogP contribution in [-0.2, 0) is 22.6 Å². The minimum Gasteiger partial charge on any atom is -0.444 e. The Labute approximate surface area is 193 Å². The highest BCUT2D eigenvalue weighted by Crippen LogP contribution is 2.23. The number of benzene rings is 1. The van der Waals surface area contributed by atoms with E-state index in [1.165, 1.54) is 25.1 Å². The van der Waals surface area contributed by atoms with Crippen LogP contribution in [0.3, 0.4) is 0 Å². The van der Waals surface area contributed by atoms with Crippen molar-refractivity contribution in [3.63, 3.8) is 0 Å². The third-order valence-electron chi connectivity index (χ3n) is 6.36. The Morgan fingerprint density at radius 1 is 1.00 bits per heavy atom. The summed E-state index contributed by atoms with van der Waals surface area (Å²) < 4.78 is 5.43. The molecule has 0 bridgehead atoms. The van der Waals surface area contributed by atoms with Crippen molar-refractivity contribution in [1.82, 2.24) is 15.1 Å². The molecule has 2 aliphatic rings. The van der Waals surface area contributed by atoms with Crippen molar-refractivity contribution in [3.8, 4) is 0 Å². The third-order valence-corrected chi connectivity index (χ3v) is 6.36. The lowest BCUT2D eigenvalue weighted by Gasteiger charge is -2.35. The second kappa shape index (κ2) is 10.7. The normalized spacial score (nSPS) is 23.1. The van der Waals surface area contributed by atoms with Gasteiger partial charge in [-0.2, -0.15) is 0 Å². The largest absolute Gasteiger partial charge is 0.444 e. The van der Waals surface area contributed by atoms with Crippen LogP contribution in [0, 0.1) is 17.8 Å². The first kappa shape index (κ1) is 24.6. The van der Waals surface area contributed by atoms with Crippen LogP contribution in [0.1, 0.15) is 65.0 Å². The third kappa shape index (κ3) is 7.51. The zero-order chi connectivity index (χ0) is 23.3. The number of likely N-dealkylation sites (tertiary alicyclic amines) is 2. The molecule has 2 atom stereocenters. The lowest BCUT2D eigenvalue weighted by atomic mass is 9.91. The van der Waals surface area contributed by atoms with Gasteiger partial charge in [-0.3, -0.25) is 9.69 Å². The smallest absolute Gasteiger partial charge is 0.410 e. The molecule has 2 amide bonds. The van der Waals surface area contributed by atoms with Gasteiger partial charge >= 0.3 is 6.09 Å². The number of nitrogens with one attached hydrogen (secondary N) is 1. The molecular formula is C26H41N3O3. The molecule has 6 nitrogen and oxygen atoms in total. The van der Waals surface area contributed by atoms with Gasteiger partial charge < -0.3 is 15.0 Å². The molecule has 1 aromatic carbocycles. The molecule has 0 spiro atoms. The van der Waals surface area contributed by atoms with E-state index in [1.807, 2.05) is 20.8 Å². The zero-order valence-electron chi connectivity index (χ0n) is 20.5. The summed E-state index contributed by atoms with van der Waals surface area (Å²) in [6, 6.07) is 8.62. The maximum absolute atomic E-state index is 12.6. The summed E-state index contributed by atoms with van der Waals surface area (Å²) in [6.45, 7) is 15.3. The van der Waals surface area contributed by atoms with Gasteiger partial charge in [0.15, 0.2) is 0 Å². The Morgan fingerprint density at radius 3 is 2.12 bits per heavy atom. The van der Waals surface area contributed by atoms with Crippen molar-refractivity contribution in [2.75, 3.05) is 26.2 Å². The number of nitrogens with zero attached hydrogens (tertiary/aromatic N) is 2. The number of hydrogen-bond acceptors (Lipinski definition) is 4. The highest BCUT2D eigenvalue weighted by molar-refractivity contribution is 5.79. The van der Waals surface area contributed by atoms with E-state index >= 15 is 0 Å². The average molecular weight is 444 g/mol. The molecule has 32 heavy (non-hydrogen) atoms. The zero-order valence-corrected chi connectivity index (χ0v) is 20.5. The first-order valence-corrected chi connectivity index (χ1v) is 12.1. The van der Waals surface area contributed by atoms with Gasteiger partial charge in [0.1, 0.15) is 5.60 Å². The van der Waals surface area contributed by atoms with Crippen molar-refractivity contribution in [2.45, 2.75) is 72.6 Å². The van der Waals surface area contributed by atoms with Crippen LogP contribution < -0.4 is 5.32 Å². The standard InChI is InChI=1S/C26H41N3O3/c1-19-14-20(2)17-28(16-19)18-22-8-6-21(7-9-22)15-27-24(30)23-10-12-29(13-11-23)25(31)32-26(3,4)5/h6-9,19-20,23H,10-18H2,1-5H3,(H,27,30). The summed E-state index contributed by atoms with van der Waals surface area (Å²) in [5, 5.41) is 3.08. The molecule has 2 saturated heterocycles. The van der Waals surface area contributed by atoms with Crippen LogP contribution in [0.25, 0.3) is 0 Å². The molecule has 2 heterocycles. The number of carbonyl (C=O) groups excluding carboxylic acids is 2. The van der Waals surface area contributed by atoms with Gasteiger partial charge in [0.25, 0.3) is 0 Å². The molecule has 0 radical (unpaired) electrons. The van der Waals surface area contributed by atoms with Crippen LogP contribution in [0.15, 0.2) is 24.3 Å². The van der Waals surface area contributed by atoms with E-state index in [1.54, 1.807) is 4.90 Å². The minimum absolute atomic E-state index is 0.0453. The predicted molar refractivity (Wildman–Crippen MR) is 127 cm³/mol. The first-order valence-electron chi connectivity index (χ1n) is 12.1. The molecule has 3 rings (SSSR count). The predicted octanol–water partition coefficient (Wildman–Crippen LogP) is 4.43. The van der Waals surface area contributed by atoms with Gasteiger partial charge in [0.2, 0.25) is 5.91 Å². The Balaban J connectivity index is 1.40. The SMILES string of the molecule is CC1CC(C)CN(Cc2ccc(CNC(=O)C3CCN(C(=O)OC(C)(C)C)CC3)cc2)C1. The fourth-order valence-corrected chi connectivity index (χ4v) is 4.93. The molecule has 1 N–H and O–H groups in total. The summed E-state index contributed by atoms with van der Waals surface area (Å²) in [7, 11) is 0. The topological polar surface area (TPSA) is 61.9 Å².